The quantitative estimate of drug-likeness (QED) is 0.805. The molecule has 0 spiro atoms. The first-order valence-corrected chi connectivity index (χ1v) is 7.68. The summed E-state index contributed by atoms with van der Waals surface area (Å²) in [5.74, 6) is 0.696. The third-order valence-electron chi connectivity index (χ3n) is 4.21. The van der Waals surface area contributed by atoms with Gasteiger partial charge >= 0.3 is 0 Å². The van der Waals surface area contributed by atoms with Gasteiger partial charge in [-0.2, -0.15) is 0 Å². The van der Waals surface area contributed by atoms with Crippen molar-refractivity contribution in [2.45, 2.75) is 32.9 Å². The van der Waals surface area contributed by atoms with Crippen LogP contribution in [0.25, 0.3) is 0 Å². The van der Waals surface area contributed by atoms with Gasteiger partial charge in [-0.25, -0.2) is 0 Å². The topological polar surface area (TPSA) is 31.4 Å². The lowest BCUT2D eigenvalue weighted by atomic mass is 10.1. The molecule has 0 aliphatic carbocycles. The number of nitrogens with one attached hydrogen (secondary N) is 1. The van der Waals surface area contributed by atoms with Crippen LogP contribution >= 0.6 is 0 Å². The van der Waals surface area contributed by atoms with Gasteiger partial charge in [0.2, 0.25) is 0 Å². The maximum absolute atomic E-state index is 4.33. The first-order chi connectivity index (χ1) is 9.63. The Bertz CT molecular complexity index is 419. The number of anilines is 1. The number of hydrogen-bond acceptors (Lipinski definition) is 4. The van der Waals surface area contributed by atoms with Crippen LogP contribution < -0.4 is 10.2 Å². The number of hydrogen-bond donors (Lipinski definition) is 1. The molecule has 1 aromatic heterocycles. The maximum Gasteiger partial charge on any atom is 0.0598 e. The summed E-state index contributed by atoms with van der Waals surface area (Å²) >= 11 is 0. The fourth-order valence-corrected chi connectivity index (χ4v) is 3.07. The third-order valence-corrected chi connectivity index (χ3v) is 4.21. The summed E-state index contributed by atoms with van der Waals surface area (Å²) in [7, 11) is 4.36. The Morgan fingerprint density at radius 2 is 2.20 bits per heavy atom. The summed E-state index contributed by atoms with van der Waals surface area (Å²) in [6.07, 6.45) is 5.09. The zero-order valence-electron chi connectivity index (χ0n) is 13.3. The second kappa shape index (κ2) is 7.04. The van der Waals surface area contributed by atoms with Crippen molar-refractivity contribution in [1.82, 2.24) is 15.2 Å². The minimum Gasteiger partial charge on any atom is -0.368 e. The monoisotopic (exact) mass is 276 g/mol. The standard InChI is InChI=1S/C16H28N4/c1-5-7-17-9-14-6-8-18-10-15(14)20-11-13(2)16(12-20)19(3)4/h6,8,10,13,16-17H,5,7,9,11-12H2,1-4H3. The van der Waals surface area contributed by atoms with Crippen LogP contribution in [0.2, 0.25) is 0 Å². The average molecular weight is 276 g/mol. The number of nitrogens with zero attached hydrogens (tertiary/aromatic N) is 3. The molecule has 2 heterocycles. The Labute approximate surface area is 123 Å². The highest BCUT2D eigenvalue weighted by atomic mass is 15.2. The van der Waals surface area contributed by atoms with Crippen molar-refractivity contribution in [3.05, 3.63) is 24.0 Å². The van der Waals surface area contributed by atoms with Crippen LogP contribution in [0.15, 0.2) is 18.5 Å². The van der Waals surface area contributed by atoms with Crippen LogP contribution in [0, 0.1) is 5.92 Å². The van der Waals surface area contributed by atoms with E-state index in [1.807, 2.05) is 12.4 Å². The van der Waals surface area contributed by atoms with E-state index in [0.717, 1.165) is 26.2 Å². The maximum atomic E-state index is 4.33. The van der Waals surface area contributed by atoms with E-state index in [0.29, 0.717) is 12.0 Å². The first-order valence-electron chi connectivity index (χ1n) is 7.68. The minimum atomic E-state index is 0.631. The Morgan fingerprint density at radius 3 is 2.85 bits per heavy atom. The lowest BCUT2D eigenvalue weighted by molar-refractivity contribution is 0.266. The van der Waals surface area contributed by atoms with Gasteiger partial charge in [-0.15, -0.1) is 0 Å². The van der Waals surface area contributed by atoms with Crippen molar-refractivity contribution in [3.63, 3.8) is 0 Å². The predicted octanol–water partition coefficient (Wildman–Crippen LogP) is 1.97. The van der Waals surface area contributed by atoms with Gasteiger partial charge in [-0.1, -0.05) is 13.8 Å². The van der Waals surface area contributed by atoms with E-state index in [1.165, 1.54) is 17.7 Å². The van der Waals surface area contributed by atoms with Crippen molar-refractivity contribution < 1.29 is 0 Å². The lowest BCUT2D eigenvalue weighted by Gasteiger charge is -2.24. The zero-order valence-corrected chi connectivity index (χ0v) is 13.3. The molecule has 1 saturated heterocycles. The number of aromatic nitrogens is 1. The van der Waals surface area contributed by atoms with Gasteiger partial charge in [0.05, 0.1) is 11.9 Å². The van der Waals surface area contributed by atoms with Crippen LogP contribution in [0.5, 0.6) is 0 Å². The number of rotatable bonds is 6. The molecule has 1 aliphatic heterocycles. The molecule has 4 nitrogen and oxygen atoms in total. The largest absolute Gasteiger partial charge is 0.368 e. The SMILES string of the molecule is CCCNCc1ccncc1N1CC(C)C(N(C)C)C1. The predicted molar refractivity (Wildman–Crippen MR) is 85.1 cm³/mol. The summed E-state index contributed by atoms with van der Waals surface area (Å²) in [5, 5.41) is 3.50. The van der Waals surface area contributed by atoms with E-state index in [2.05, 4.69) is 54.1 Å². The van der Waals surface area contributed by atoms with Crippen LogP contribution in [-0.4, -0.2) is 49.7 Å². The van der Waals surface area contributed by atoms with E-state index in [9.17, 15) is 0 Å². The summed E-state index contributed by atoms with van der Waals surface area (Å²) in [6.45, 7) is 8.76. The highest BCUT2D eigenvalue weighted by Gasteiger charge is 2.31. The van der Waals surface area contributed by atoms with Crippen LogP contribution in [0.1, 0.15) is 25.8 Å². The van der Waals surface area contributed by atoms with Gasteiger partial charge in [0.25, 0.3) is 0 Å². The summed E-state index contributed by atoms with van der Waals surface area (Å²) in [5.41, 5.74) is 2.66. The highest BCUT2D eigenvalue weighted by molar-refractivity contribution is 5.53. The van der Waals surface area contributed by atoms with Gasteiger partial charge in [0.15, 0.2) is 0 Å². The molecule has 112 valence electrons. The highest BCUT2D eigenvalue weighted by Crippen LogP contribution is 2.28. The molecule has 1 fully saturated rings. The second-order valence-corrected chi connectivity index (χ2v) is 6.09. The summed E-state index contributed by atoms with van der Waals surface area (Å²) in [6, 6.07) is 2.78. The van der Waals surface area contributed by atoms with Crippen LogP contribution in [0.4, 0.5) is 5.69 Å². The first kappa shape index (κ1) is 15.3. The van der Waals surface area contributed by atoms with Crippen molar-refractivity contribution in [3.8, 4) is 0 Å². The molecular weight excluding hydrogens is 248 g/mol. The summed E-state index contributed by atoms with van der Waals surface area (Å²) < 4.78 is 0. The normalized spacial score (nSPS) is 22.8. The summed E-state index contributed by atoms with van der Waals surface area (Å²) in [4.78, 5) is 9.16. The van der Waals surface area contributed by atoms with Crippen LogP contribution in [0.3, 0.4) is 0 Å². The Morgan fingerprint density at radius 1 is 1.40 bits per heavy atom. The number of pyridine rings is 1. The van der Waals surface area contributed by atoms with Crippen molar-refractivity contribution >= 4 is 5.69 Å². The molecule has 0 aromatic carbocycles. The smallest absolute Gasteiger partial charge is 0.0598 e. The molecule has 4 heteroatoms. The van der Waals surface area contributed by atoms with E-state index < -0.39 is 0 Å². The molecule has 2 unspecified atom stereocenters. The number of likely N-dealkylation sites (N-methyl/N-ethyl adjacent to an activating group) is 1. The fraction of sp³-hybridized carbons (Fsp3) is 0.688. The molecular formula is C16H28N4. The molecule has 1 N–H and O–H groups in total. The van der Waals surface area contributed by atoms with Crippen molar-refractivity contribution in [2.75, 3.05) is 38.6 Å². The van der Waals surface area contributed by atoms with Gasteiger partial charge in [-0.05, 0) is 44.6 Å². The van der Waals surface area contributed by atoms with E-state index in [-0.39, 0.29) is 0 Å². The minimum absolute atomic E-state index is 0.631. The van der Waals surface area contributed by atoms with Gasteiger partial charge in [0, 0.05) is 31.9 Å². The molecule has 0 amide bonds. The Hall–Kier alpha value is -1.13. The van der Waals surface area contributed by atoms with Gasteiger partial charge in [-0.3, -0.25) is 4.98 Å². The average Bonchev–Trinajstić information content (AvgIpc) is 2.82. The molecule has 1 aliphatic rings. The third kappa shape index (κ3) is 3.49. The Balaban J connectivity index is 2.09. The van der Waals surface area contributed by atoms with E-state index >= 15 is 0 Å². The lowest BCUT2D eigenvalue weighted by Crippen LogP contribution is -2.34. The molecule has 1 aromatic rings. The Kier molecular flexibility index (Phi) is 5.38. The van der Waals surface area contributed by atoms with Crippen LogP contribution in [-0.2, 0) is 6.54 Å². The van der Waals surface area contributed by atoms with Crippen molar-refractivity contribution in [2.24, 2.45) is 5.92 Å². The molecule has 20 heavy (non-hydrogen) atoms. The van der Waals surface area contributed by atoms with Crippen molar-refractivity contribution in [1.29, 1.82) is 0 Å². The van der Waals surface area contributed by atoms with E-state index in [1.54, 1.807) is 0 Å². The fourth-order valence-electron chi connectivity index (χ4n) is 3.07. The molecule has 2 rings (SSSR count). The zero-order chi connectivity index (χ0) is 14.5. The molecule has 2 atom stereocenters. The molecule has 0 saturated carbocycles. The van der Waals surface area contributed by atoms with E-state index in [4.69, 9.17) is 0 Å². The van der Waals surface area contributed by atoms with Gasteiger partial charge in [0.1, 0.15) is 0 Å². The second-order valence-electron chi connectivity index (χ2n) is 6.09. The molecule has 0 bridgehead atoms. The molecule has 0 radical (unpaired) electrons. The van der Waals surface area contributed by atoms with Gasteiger partial charge < -0.3 is 15.1 Å².